The molecule has 160 valence electrons. The third-order valence-electron chi connectivity index (χ3n) is 6.28. The van der Waals surface area contributed by atoms with E-state index in [0.717, 1.165) is 69.3 Å². The molecule has 0 saturated carbocycles. The number of piperazine rings is 1. The lowest BCUT2D eigenvalue weighted by atomic mass is 9.96. The molecular formula is C24H33N5O. The minimum absolute atomic E-state index is 0.170. The van der Waals surface area contributed by atoms with Crippen LogP contribution in [0.25, 0.3) is 0 Å². The summed E-state index contributed by atoms with van der Waals surface area (Å²) in [5, 5.41) is 0. The lowest BCUT2D eigenvalue weighted by molar-refractivity contribution is 0.0637. The molecule has 3 heterocycles. The van der Waals surface area contributed by atoms with E-state index >= 15 is 0 Å². The SMILES string of the molecule is CN(C)c1cccc(C(=O)N2CCCC(CN3CCN(c4ccccn4)CC3)C2)c1. The number of carbonyl (C=O) groups excluding carboxylic acids is 1. The molecule has 0 N–H and O–H groups in total. The maximum atomic E-state index is 13.1. The molecule has 0 spiro atoms. The van der Waals surface area contributed by atoms with Crippen LogP contribution in [0.15, 0.2) is 48.7 Å². The number of amides is 1. The Bertz CT molecular complexity index is 832. The zero-order valence-electron chi connectivity index (χ0n) is 18.2. The fraction of sp³-hybridized carbons (Fsp3) is 0.500. The average molecular weight is 408 g/mol. The maximum Gasteiger partial charge on any atom is 0.253 e. The van der Waals surface area contributed by atoms with Crippen LogP contribution in [0.2, 0.25) is 0 Å². The quantitative estimate of drug-likeness (QED) is 0.763. The molecule has 1 atom stereocenters. The molecule has 1 amide bonds. The molecule has 0 aliphatic carbocycles. The number of hydrogen-bond acceptors (Lipinski definition) is 5. The second kappa shape index (κ2) is 9.47. The number of rotatable bonds is 5. The van der Waals surface area contributed by atoms with Crippen molar-refractivity contribution in [1.82, 2.24) is 14.8 Å². The highest BCUT2D eigenvalue weighted by Crippen LogP contribution is 2.22. The summed E-state index contributed by atoms with van der Waals surface area (Å²) < 4.78 is 0. The molecule has 30 heavy (non-hydrogen) atoms. The number of pyridine rings is 1. The van der Waals surface area contributed by atoms with Crippen LogP contribution in [-0.2, 0) is 0 Å². The zero-order valence-corrected chi connectivity index (χ0v) is 18.2. The molecular weight excluding hydrogens is 374 g/mol. The molecule has 2 fully saturated rings. The standard InChI is InChI=1S/C24H33N5O/c1-26(2)22-9-5-8-21(17-22)24(30)29-12-6-7-20(19-29)18-27-13-15-28(16-14-27)23-10-3-4-11-25-23/h3-5,8-11,17,20H,6-7,12-16,18-19H2,1-2H3. The summed E-state index contributed by atoms with van der Waals surface area (Å²) in [6.07, 6.45) is 4.17. The summed E-state index contributed by atoms with van der Waals surface area (Å²) in [4.78, 5) is 26.6. The van der Waals surface area contributed by atoms with E-state index < -0.39 is 0 Å². The highest BCUT2D eigenvalue weighted by molar-refractivity contribution is 5.95. The summed E-state index contributed by atoms with van der Waals surface area (Å²) in [5.41, 5.74) is 1.87. The number of carbonyl (C=O) groups is 1. The molecule has 2 aliphatic rings. The summed E-state index contributed by atoms with van der Waals surface area (Å²) in [5.74, 6) is 1.80. The monoisotopic (exact) mass is 407 g/mol. The van der Waals surface area contributed by atoms with E-state index in [4.69, 9.17) is 0 Å². The summed E-state index contributed by atoms with van der Waals surface area (Å²) >= 11 is 0. The Morgan fingerprint density at radius 2 is 1.90 bits per heavy atom. The van der Waals surface area contributed by atoms with Crippen molar-refractivity contribution in [3.05, 3.63) is 54.2 Å². The second-order valence-corrected chi connectivity index (χ2v) is 8.68. The van der Waals surface area contributed by atoms with E-state index in [0.29, 0.717) is 5.92 Å². The van der Waals surface area contributed by atoms with E-state index in [1.807, 2.05) is 55.5 Å². The number of nitrogens with zero attached hydrogens (tertiary/aromatic N) is 5. The van der Waals surface area contributed by atoms with Gasteiger partial charge in [-0.25, -0.2) is 4.98 Å². The molecule has 0 radical (unpaired) electrons. The van der Waals surface area contributed by atoms with Gasteiger partial charge >= 0.3 is 0 Å². The van der Waals surface area contributed by atoms with E-state index in [1.54, 1.807) is 0 Å². The van der Waals surface area contributed by atoms with Crippen LogP contribution in [0, 0.1) is 5.92 Å². The molecule has 0 bridgehead atoms. The van der Waals surface area contributed by atoms with E-state index in [-0.39, 0.29) is 5.91 Å². The van der Waals surface area contributed by atoms with Gasteiger partial charge in [-0.3, -0.25) is 9.69 Å². The molecule has 1 aromatic heterocycles. The van der Waals surface area contributed by atoms with Crippen molar-refractivity contribution >= 4 is 17.4 Å². The van der Waals surface area contributed by atoms with Gasteiger partial charge in [0, 0.05) is 77.4 Å². The van der Waals surface area contributed by atoms with Crippen LogP contribution in [0.5, 0.6) is 0 Å². The Morgan fingerprint density at radius 1 is 1.07 bits per heavy atom. The van der Waals surface area contributed by atoms with Crippen LogP contribution in [0.4, 0.5) is 11.5 Å². The third kappa shape index (κ3) is 4.93. The van der Waals surface area contributed by atoms with Crippen LogP contribution in [0.3, 0.4) is 0 Å². The van der Waals surface area contributed by atoms with Crippen molar-refractivity contribution in [3.8, 4) is 0 Å². The Hall–Kier alpha value is -2.60. The molecule has 6 nitrogen and oxygen atoms in total. The van der Waals surface area contributed by atoms with Gasteiger partial charge in [0.2, 0.25) is 0 Å². The number of likely N-dealkylation sites (tertiary alicyclic amines) is 1. The smallest absolute Gasteiger partial charge is 0.253 e. The summed E-state index contributed by atoms with van der Waals surface area (Å²) in [6, 6.07) is 14.1. The fourth-order valence-electron chi connectivity index (χ4n) is 4.56. The Morgan fingerprint density at radius 3 is 2.63 bits per heavy atom. The number of piperidine rings is 1. The average Bonchev–Trinajstić information content (AvgIpc) is 2.80. The topological polar surface area (TPSA) is 42.9 Å². The van der Waals surface area contributed by atoms with Crippen molar-refractivity contribution in [2.75, 3.05) is 69.7 Å². The normalized spacial score (nSPS) is 20.3. The van der Waals surface area contributed by atoms with E-state index in [1.165, 1.54) is 6.42 Å². The maximum absolute atomic E-state index is 13.1. The van der Waals surface area contributed by atoms with Crippen LogP contribution >= 0.6 is 0 Å². The predicted octanol–water partition coefficient (Wildman–Crippen LogP) is 2.82. The van der Waals surface area contributed by atoms with Gasteiger partial charge < -0.3 is 14.7 Å². The molecule has 2 aliphatic heterocycles. The Kier molecular flexibility index (Phi) is 6.53. The lowest BCUT2D eigenvalue weighted by Crippen LogP contribution is -2.50. The molecule has 4 rings (SSSR count). The van der Waals surface area contributed by atoms with Crippen molar-refractivity contribution in [3.63, 3.8) is 0 Å². The first-order valence-electron chi connectivity index (χ1n) is 11.0. The van der Waals surface area contributed by atoms with E-state index in [2.05, 4.69) is 31.8 Å². The largest absolute Gasteiger partial charge is 0.378 e. The van der Waals surface area contributed by atoms with Gasteiger partial charge in [-0.2, -0.15) is 0 Å². The molecule has 1 aromatic carbocycles. The molecule has 2 saturated heterocycles. The van der Waals surface area contributed by atoms with Gasteiger partial charge in [-0.1, -0.05) is 12.1 Å². The minimum atomic E-state index is 0.170. The second-order valence-electron chi connectivity index (χ2n) is 8.68. The third-order valence-corrected chi connectivity index (χ3v) is 6.28. The Balaban J connectivity index is 1.30. The van der Waals surface area contributed by atoms with Gasteiger partial charge in [0.05, 0.1) is 0 Å². The van der Waals surface area contributed by atoms with Crippen LogP contribution < -0.4 is 9.80 Å². The minimum Gasteiger partial charge on any atom is -0.378 e. The lowest BCUT2D eigenvalue weighted by Gasteiger charge is -2.39. The summed E-state index contributed by atoms with van der Waals surface area (Å²) in [6.45, 7) is 6.98. The van der Waals surface area contributed by atoms with E-state index in [9.17, 15) is 4.79 Å². The number of benzene rings is 1. The zero-order chi connectivity index (χ0) is 20.9. The molecule has 6 heteroatoms. The van der Waals surface area contributed by atoms with Crippen molar-refractivity contribution in [2.24, 2.45) is 5.92 Å². The van der Waals surface area contributed by atoms with Crippen LogP contribution in [0.1, 0.15) is 23.2 Å². The van der Waals surface area contributed by atoms with Gasteiger partial charge in [0.15, 0.2) is 0 Å². The summed E-state index contributed by atoms with van der Waals surface area (Å²) in [7, 11) is 4.02. The Labute approximate surface area is 180 Å². The highest BCUT2D eigenvalue weighted by Gasteiger charge is 2.27. The highest BCUT2D eigenvalue weighted by atomic mass is 16.2. The predicted molar refractivity (Wildman–Crippen MR) is 122 cm³/mol. The number of hydrogen-bond donors (Lipinski definition) is 0. The van der Waals surface area contributed by atoms with Gasteiger partial charge in [-0.15, -0.1) is 0 Å². The first-order valence-corrected chi connectivity index (χ1v) is 11.0. The van der Waals surface area contributed by atoms with Crippen molar-refractivity contribution in [2.45, 2.75) is 12.8 Å². The molecule has 2 aromatic rings. The van der Waals surface area contributed by atoms with Gasteiger partial charge in [0.25, 0.3) is 5.91 Å². The number of anilines is 2. The van der Waals surface area contributed by atoms with Gasteiger partial charge in [-0.05, 0) is 49.1 Å². The molecule has 1 unspecified atom stereocenters. The van der Waals surface area contributed by atoms with Crippen LogP contribution in [-0.4, -0.2) is 80.6 Å². The number of aromatic nitrogens is 1. The first kappa shape index (κ1) is 20.7. The van der Waals surface area contributed by atoms with Gasteiger partial charge in [0.1, 0.15) is 5.82 Å². The first-order chi connectivity index (χ1) is 14.6. The van der Waals surface area contributed by atoms with Crippen molar-refractivity contribution in [1.29, 1.82) is 0 Å². The van der Waals surface area contributed by atoms with Crippen molar-refractivity contribution < 1.29 is 4.79 Å². The fourth-order valence-corrected chi connectivity index (χ4v) is 4.56.